The Morgan fingerprint density at radius 2 is 1.55 bits per heavy atom. The summed E-state index contributed by atoms with van der Waals surface area (Å²) in [5.41, 5.74) is 3.07. The number of nitrogens with zero attached hydrogens (tertiary/aromatic N) is 2. The van der Waals surface area contributed by atoms with Crippen LogP contribution in [0.1, 0.15) is 64.6 Å². The highest BCUT2D eigenvalue weighted by Gasteiger charge is 2.39. The van der Waals surface area contributed by atoms with E-state index in [-0.39, 0.29) is 40.5 Å². The second-order valence-electron chi connectivity index (χ2n) is 7.55. The lowest BCUT2D eigenvalue weighted by molar-refractivity contribution is 0.0474. The average molecular weight is 419 g/mol. The van der Waals surface area contributed by atoms with Gasteiger partial charge in [-0.3, -0.25) is 34.3 Å². The molecule has 0 saturated carbocycles. The van der Waals surface area contributed by atoms with Gasteiger partial charge in [0.25, 0.3) is 29.5 Å². The quantitative estimate of drug-likeness (QED) is 0.750. The average Bonchev–Trinajstić information content (AvgIpc) is 3.45. The van der Waals surface area contributed by atoms with E-state index in [4.69, 9.17) is 4.74 Å². The molecule has 0 radical (unpaired) electrons. The third-order valence-electron chi connectivity index (χ3n) is 5.65. The van der Waals surface area contributed by atoms with E-state index in [1.54, 1.807) is 12.1 Å². The van der Waals surface area contributed by atoms with E-state index in [0.717, 1.165) is 17.7 Å². The molecule has 5 rings (SSSR count). The molecule has 5 amide bonds. The number of hydrazine groups is 1. The lowest BCUT2D eigenvalue weighted by Crippen LogP contribution is -2.45. The summed E-state index contributed by atoms with van der Waals surface area (Å²) in [4.78, 5) is 64.1. The number of carbonyl (C=O) groups excluding carboxylic acids is 5. The summed E-state index contributed by atoms with van der Waals surface area (Å²) in [6.45, 7) is 0.777. The smallest absolute Gasteiger partial charge is 0.280 e. The van der Waals surface area contributed by atoms with Gasteiger partial charge in [-0.15, -0.1) is 0 Å². The number of carbonyl (C=O) groups is 5. The molecule has 2 aromatic carbocycles. The van der Waals surface area contributed by atoms with E-state index in [0.29, 0.717) is 11.6 Å². The fraction of sp³-hybridized carbons (Fsp3) is 0.227. The van der Waals surface area contributed by atoms with E-state index in [9.17, 15) is 24.0 Å². The van der Waals surface area contributed by atoms with Gasteiger partial charge in [-0.2, -0.15) is 5.01 Å². The van der Waals surface area contributed by atoms with Gasteiger partial charge in [0, 0.05) is 12.2 Å². The molecule has 0 aromatic heterocycles. The summed E-state index contributed by atoms with van der Waals surface area (Å²) in [6, 6.07) is 10.4. The van der Waals surface area contributed by atoms with Crippen LogP contribution >= 0.6 is 0 Å². The van der Waals surface area contributed by atoms with Crippen LogP contribution in [0.2, 0.25) is 0 Å². The van der Waals surface area contributed by atoms with Crippen molar-refractivity contribution in [2.45, 2.75) is 18.9 Å². The van der Waals surface area contributed by atoms with Gasteiger partial charge in [0.05, 0.1) is 34.9 Å². The molecule has 1 saturated heterocycles. The summed E-state index contributed by atoms with van der Waals surface area (Å²) in [5.74, 6) is -2.93. The highest BCUT2D eigenvalue weighted by molar-refractivity contribution is 6.23. The molecule has 3 aliphatic heterocycles. The highest BCUT2D eigenvalue weighted by Crippen LogP contribution is 2.26. The normalized spacial score (nSPS) is 19.8. The number of hydrogen-bond acceptors (Lipinski definition) is 6. The third kappa shape index (κ3) is 3.01. The Morgan fingerprint density at radius 1 is 0.903 bits per heavy atom. The zero-order chi connectivity index (χ0) is 21.7. The van der Waals surface area contributed by atoms with Crippen molar-refractivity contribution in [3.05, 3.63) is 70.3 Å². The summed E-state index contributed by atoms with van der Waals surface area (Å²) < 4.78 is 5.51. The SMILES string of the molecule is O=C(NN1C(=O)c2ccccc2C1=O)c1ccc2c(c1)C(=O)N(C[C@H]1CCCO1)C2=O. The van der Waals surface area contributed by atoms with Crippen molar-refractivity contribution in [3.8, 4) is 0 Å². The second-order valence-corrected chi connectivity index (χ2v) is 7.55. The number of amides is 5. The van der Waals surface area contributed by atoms with Crippen LogP contribution in [0.4, 0.5) is 0 Å². The first-order valence-corrected chi connectivity index (χ1v) is 9.86. The van der Waals surface area contributed by atoms with Gasteiger partial charge in [-0.1, -0.05) is 12.1 Å². The first kappa shape index (κ1) is 19.1. The summed E-state index contributed by atoms with van der Waals surface area (Å²) in [5, 5.41) is 0.650. The summed E-state index contributed by atoms with van der Waals surface area (Å²) in [7, 11) is 0. The number of nitrogens with one attached hydrogen (secondary N) is 1. The number of hydrogen-bond donors (Lipinski definition) is 1. The largest absolute Gasteiger partial charge is 0.376 e. The number of rotatable bonds is 4. The molecule has 9 nitrogen and oxygen atoms in total. The van der Waals surface area contributed by atoms with Crippen LogP contribution in [0.25, 0.3) is 0 Å². The Morgan fingerprint density at radius 3 is 2.19 bits per heavy atom. The second kappa shape index (κ2) is 7.13. The van der Waals surface area contributed by atoms with Crippen LogP contribution in [0.15, 0.2) is 42.5 Å². The van der Waals surface area contributed by atoms with Crippen molar-refractivity contribution in [2.24, 2.45) is 0 Å². The molecule has 0 spiro atoms. The summed E-state index contributed by atoms with van der Waals surface area (Å²) >= 11 is 0. The Kier molecular flexibility index (Phi) is 4.40. The number of ether oxygens (including phenoxy) is 1. The van der Waals surface area contributed by atoms with Gasteiger partial charge in [0.2, 0.25) is 0 Å². The first-order chi connectivity index (χ1) is 15.0. The molecule has 1 fully saturated rings. The number of fused-ring (bicyclic) bond motifs is 2. The molecule has 3 heterocycles. The van der Waals surface area contributed by atoms with Crippen LogP contribution in [-0.4, -0.2) is 58.7 Å². The van der Waals surface area contributed by atoms with Gasteiger partial charge < -0.3 is 4.74 Å². The van der Waals surface area contributed by atoms with Gasteiger partial charge in [0.1, 0.15) is 0 Å². The van der Waals surface area contributed by atoms with Crippen molar-refractivity contribution in [1.29, 1.82) is 0 Å². The Hall–Kier alpha value is -3.85. The zero-order valence-corrected chi connectivity index (χ0v) is 16.3. The number of imide groups is 2. The fourth-order valence-electron chi connectivity index (χ4n) is 4.05. The maximum absolute atomic E-state index is 12.8. The molecule has 9 heteroatoms. The molecular formula is C22H17N3O6. The van der Waals surface area contributed by atoms with Crippen molar-refractivity contribution >= 4 is 29.5 Å². The van der Waals surface area contributed by atoms with Crippen molar-refractivity contribution < 1.29 is 28.7 Å². The van der Waals surface area contributed by atoms with Crippen LogP contribution in [0.5, 0.6) is 0 Å². The van der Waals surface area contributed by atoms with E-state index in [2.05, 4.69) is 5.43 Å². The maximum Gasteiger partial charge on any atom is 0.280 e. The molecule has 3 aliphatic rings. The standard InChI is InChI=1S/C22H17N3O6/c26-18(23-25-21(29)14-5-1-2-6-15(14)22(25)30)12-7-8-16-17(10-12)20(28)24(19(16)27)11-13-4-3-9-31-13/h1-2,5-8,10,13H,3-4,9,11H2,(H,23,26)/t13-/m1/s1. The predicted molar refractivity (Wildman–Crippen MR) is 105 cm³/mol. The van der Waals surface area contributed by atoms with Gasteiger partial charge in [0.15, 0.2) is 0 Å². The topological polar surface area (TPSA) is 113 Å². The highest BCUT2D eigenvalue weighted by atomic mass is 16.5. The minimum Gasteiger partial charge on any atom is -0.376 e. The van der Waals surface area contributed by atoms with E-state index >= 15 is 0 Å². The predicted octanol–water partition coefficient (Wildman–Crippen LogP) is 1.40. The van der Waals surface area contributed by atoms with Crippen LogP contribution < -0.4 is 5.43 Å². The summed E-state index contributed by atoms with van der Waals surface area (Å²) in [6.07, 6.45) is 1.48. The van der Waals surface area contributed by atoms with E-state index in [1.165, 1.54) is 30.3 Å². The number of benzene rings is 2. The van der Waals surface area contributed by atoms with Crippen LogP contribution in [0, 0.1) is 0 Å². The first-order valence-electron chi connectivity index (χ1n) is 9.86. The molecule has 2 aromatic rings. The van der Waals surface area contributed by atoms with Crippen molar-refractivity contribution in [3.63, 3.8) is 0 Å². The Labute approximate surface area is 176 Å². The molecule has 0 bridgehead atoms. The lowest BCUT2D eigenvalue weighted by atomic mass is 10.1. The van der Waals surface area contributed by atoms with Gasteiger partial charge >= 0.3 is 0 Å². The molecule has 0 aliphatic carbocycles. The lowest BCUT2D eigenvalue weighted by Gasteiger charge is -2.17. The van der Waals surface area contributed by atoms with Crippen molar-refractivity contribution in [2.75, 3.05) is 13.2 Å². The van der Waals surface area contributed by atoms with E-state index < -0.39 is 29.5 Å². The Balaban J connectivity index is 1.35. The van der Waals surface area contributed by atoms with Crippen LogP contribution in [-0.2, 0) is 4.74 Å². The zero-order valence-electron chi connectivity index (χ0n) is 16.3. The van der Waals surface area contributed by atoms with Crippen molar-refractivity contribution in [1.82, 2.24) is 15.3 Å². The van der Waals surface area contributed by atoms with Gasteiger partial charge in [-0.05, 0) is 43.2 Å². The molecular weight excluding hydrogens is 402 g/mol. The monoisotopic (exact) mass is 419 g/mol. The molecule has 156 valence electrons. The third-order valence-corrected chi connectivity index (χ3v) is 5.65. The molecule has 0 unspecified atom stereocenters. The molecule has 31 heavy (non-hydrogen) atoms. The molecule has 1 atom stereocenters. The van der Waals surface area contributed by atoms with Gasteiger partial charge in [-0.25, -0.2) is 0 Å². The van der Waals surface area contributed by atoms with E-state index in [1.807, 2.05) is 0 Å². The fourth-order valence-corrected chi connectivity index (χ4v) is 4.05. The minimum absolute atomic E-state index is 0.0513. The Bertz CT molecular complexity index is 1130. The minimum atomic E-state index is -0.741. The maximum atomic E-state index is 12.8. The molecule has 1 N–H and O–H groups in total. The van der Waals surface area contributed by atoms with Crippen LogP contribution in [0.3, 0.4) is 0 Å².